The molecular weight excluding hydrogens is 494 g/mol. The smallest absolute Gasteiger partial charge is 0.414 e. The lowest BCUT2D eigenvalue weighted by Crippen LogP contribution is -2.40. The number of aryl methyl sites for hydroxylation is 1. The molecule has 3 aliphatic rings. The summed E-state index contributed by atoms with van der Waals surface area (Å²) in [4.78, 5) is 24.5. The fourth-order valence-electron chi connectivity index (χ4n) is 5.53. The minimum Gasteiger partial charge on any atom is -0.439 e. The highest BCUT2D eigenvalue weighted by molar-refractivity contribution is 5.70. The van der Waals surface area contributed by atoms with Crippen LogP contribution in [0.2, 0.25) is 0 Å². The molecule has 38 heavy (non-hydrogen) atoms. The quantitative estimate of drug-likeness (QED) is 0.437. The van der Waals surface area contributed by atoms with Gasteiger partial charge in [0.25, 0.3) is 6.43 Å². The molecule has 1 amide bonds. The zero-order chi connectivity index (χ0) is 27.0. The maximum atomic E-state index is 13.6. The van der Waals surface area contributed by atoms with Crippen LogP contribution in [0, 0.1) is 6.92 Å². The van der Waals surface area contributed by atoms with Crippen LogP contribution in [0.15, 0.2) is 24.7 Å². The number of cyclic esters (lactones) is 1. The Morgan fingerprint density at radius 3 is 2.63 bits per heavy atom. The van der Waals surface area contributed by atoms with Gasteiger partial charge in [-0.1, -0.05) is 0 Å². The zero-order valence-corrected chi connectivity index (χ0v) is 22.3. The lowest BCUT2D eigenvalue weighted by atomic mass is 9.98. The molecule has 2 unspecified atom stereocenters. The Morgan fingerprint density at radius 2 is 1.95 bits per heavy atom. The van der Waals surface area contributed by atoms with Crippen molar-refractivity contribution >= 4 is 23.5 Å². The number of aromatic nitrogens is 4. The topological polar surface area (TPSA) is 100 Å². The molecule has 0 aliphatic carbocycles. The van der Waals surface area contributed by atoms with Crippen LogP contribution in [0.25, 0.3) is 0 Å². The Balaban J connectivity index is 1.22. The molecule has 2 atom stereocenters. The molecule has 2 fully saturated rings. The van der Waals surface area contributed by atoms with Crippen molar-refractivity contribution in [2.45, 2.75) is 83.0 Å². The van der Waals surface area contributed by atoms with Crippen molar-refractivity contribution in [3.05, 3.63) is 35.9 Å². The molecule has 2 saturated heterocycles. The molecule has 0 aromatic carbocycles. The number of hydrogen-bond donors (Lipinski definition) is 2. The summed E-state index contributed by atoms with van der Waals surface area (Å²) in [5.41, 5.74) is 0.648. The van der Waals surface area contributed by atoms with Crippen molar-refractivity contribution in [2.24, 2.45) is 0 Å². The third kappa shape index (κ3) is 5.59. The van der Waals surface area contributed by atoms with Gasteiger partial charge in [0.05, 0.1) is 23.0 Å². The molecule has 0 saturated carbocycles. The number of ether oxygens (including phenoxy) is 1. The second kappa shape index (κ2) is 10.5. The van der Waals surface area contributed by atoms with Crippen molar-refractivity contribution in [1.82, 2.24) is 29.5 Å². The van der Waals surface area contributed by atoms with E-state index in [0.717, 1.165) is 30.4 Å². The highest BCUT2D eigenvalue weighted by atomic mass is 19.3. The summed E-state index contributed by atoms with van der Waals surface area (Å²) in [5.74, 6) is 0.278. The maximum Gasteiger partial charge on any atom is 0.414 e. The Hall–Kier alpha value is -3.28. The standard InChI is InChI=1S/C26H36F2N8O2/c1-16-21(15-36(33-16)19-12-17-6-7-18(13-19)34(17)4)31-24-30-14-20(22(27)28)23(32-24)29-9-5-10-35-11-8-26(2,3)38-25(35)37/h8,11,14-15,17-19,22H,5-7,9-10,12-13H2,1-4H3,(H2,29,30,31,32). The summed E-state index contributed by atoms with van der Waals surface area (Å²) >= 11 is 0. The van der Waals surface area contributed by atoms with Crippen LogP contribution in [-0.2, 0) is 4.74 Å². The molecule has 10 nitrogen and oxygen atoms in total. The molecule has 5 rings (SSSR count). The molecule has 0 spiro atoms. The predicted molar refractivity (Wildman–Crippen MR) is 140 cm³/mol. The molecule has 3 aliphatic heterocycles. The number of anilines is 3. The van der Waals surface area contributed by atoms with E-state index in [9.17, 15) is 13.6 Å². The van der Waals surface area contributed by atoms with Crippen molar-refractivity contribution in [2.75, 3.05) is 30.8 Å². The normalized spacial score (nSPS) is 24.7. The van der Waals surface area contributed by atoms with E-state index in [4.69, 9.17) is 9.84 Å². The number of fused-ring (bicyclic) bond motifs is 2. The van der Waals surface area contributed by atoms with Crippen molar-refractivity contribution in [3.8, 4) is 0 Å². The highest BCUT2D eigenvalue weighted by Gasteiger charge is 2.39. The van der Waals surface area contributed by atoms with E-state index in [1.54, 1.807) is 26.1 Å². The van der Waals surface area contributed by atoms with Crippen LogP contribution in [0.4, 0.5) is 31.0 Å². The third-order valence-corrected chi connectivity index (χ3v) is 7.77. The number of nitrogens with zero attached hydrogens (tertiary/aromatic N) is 6. The first-order valence-corrected chi connectivity index (χ1v) is 13.2. The number of carbonyl (C=O) groups is 1. The van der Waals surface area contributed by atoms with Crippen LogP contribution >= 0.6 is 0 Å². The number of halogens is 2. The lowest BCUT2D eigenvalue weighted by molar-refractivity contribution is 0.0390. The number of carbonyl (C=O) groups excluding carboxylic acids is 1. The maximum absolute atomic E-state index is 13.6. The summed E-state index contributed by atoms with van der Waals surface area (Å²) in [6.45, 7) is 6.24. The Kier molecular flexibility index (Phi) is 7.26. The van der Waals surface area contributed by atoms with Gasteiger partial charge in [0.2, 0.25) is 5.95 Å². The lowest BCUT2D eigenvalue weighted by Gasteiger charge is -2.36. The van der Waals surface area contributed by atoms with Crippen LogP contribution < -0.4 is 10.6 Å². The van der Waals surface area contributed by atoms with Gasteiger partial charge >= 0.3 is 6.09 Å². The summed E-state index contributed by atoms with van der Waals surface area (Å²) in [6, 6.07) is 1.54. The van der Waals surface area contributed by atoms with E-state index in [1.807, 2.05) is 17.8 Å². The van der Waals surface area contributed by atoms with Crippen molar-refractivity contribution in [1.29, 1.82) is 0 Å². The second-order valence-corrected chi connectivity index (χ2v) is 11.0. The Labute approximate surface area is 221 Å². The fraction of sp³-hybridized carbons (Fsp3) is 0.615. The molecule has 5 heterocycles. The fourth-order valence-corrected chi connectivity index (χ4v) is 5.53. The average molecular weight is 531 g/mol. The van der Waals surface area contributed by atoms with E-state index >= 15 is 0 Å². The Bertz CT molecular complexity index is 1190. The summed E-state index contributed by atoms with van der Waals surface area (Å²) in [7, 11) is 2.21. The van der Waals surface area contributed by atoms with Gasteiger partial charge in [0.15, 0.2) is 0 Å². The number of alkyl halides is 2. The highest BCUT2D eigenvalue weighted by Crippen LogP contribution is 2.40. The van der Waals surface area contributed by atoms with E-state index in [0.29, 0.717) is 37.6 Å². The van der Waals surface area contributed by atoms with E-state index in [1.165, 1.54) is 17.7 Å². The summed E-state index contributed by atoms with van der Waals surface area (Å²) in [5, 5.41) is 10.9. The first-order valence-electron chi connectivity index (χ1n) is 13.2. The molecule has 206 valence electrons. The SMILES string of the molecule is Cc1nn(C2CC3CCC(C2)N3C)cc1Nc1ncc(C(F)F)c(NCCCN2C=CC(C)(C)OC2=O)n1. The van der Waals surface area contributed by atoms with Crippen LogP contribution in [0.5, 0.6) is 0 Å². The molecule has 0 radical (unpaired) electrons. The molecule has 2 aromatic heterocycles. The van der Waals surface area contributed by atoms with Gasteiger partial charge in [-0.3, -0.25) is 9.58 Å². The van der Waals surface area contributed by atoms with E-state index < -0.39 is 18.1 Å². The monoisotopic (exact) mass is 530 g/mol. The van der Waals surface area contributed by atoms with E-state index in [2.05, 4.69) is 32.5 Å². The zero-order valence-electron chi connectivity index (χ0n) is 22.3. The van der Waals surface area contributed by atoms with Crippen molar-refractivity contribution in [3.63, 3.8) is 0 Å². The van der Waals surface area contributed by atoms with Gasteiger partial charge in [0.1, 0.15) is 11.4 Å². The third-order valence-electron chi connectivity index (χ3n) is 7.77. The summed E-state index contributed by atoms with van der Waals surface area (Å²) < 4.78 is 34.7. The number of rotatable bonds is 9. The molecular formula is C26H36F2N8O2. The minimum atomic E-state index is -2.72. The molecule has 2 bridgehead atoms. The second-order valence-electron chi connectivity index (χ2n) is 11.0. The number of hydrogen-bond acceptors (Lipinski definition) is 8. The van der Waals surface area contributed by atoms with Gasteiger partial charge in [-0.15, -0.1) is 0 Å². The van der Waals surface area contributed by atoms with Gasteiger partial charge in [-0.2, -0.15) is 10.1 Å². The molecule has 2 N–H and O–H groups in total. The Morgan fingerprint density at radius 1 is 1.21 bits per heavy atom. The van der Waals surface area contributed by atoms with E-state index in [-0.39, 0.29) is 17.3 Å². The number of nitrogens with one attached hydrogen (secondary N) is 2. The van der Waals surface area contributed by atoms with Gasteiger partial charge in [-0.05, 0) is 66.0 Å². The minimum absolute atomic E-state index is 0.0623. The first kappa shape index (κ1) is 26.3. The van der Waals surface area contributed by atoms with Crippen LogP contribution in [0.3, 0.4) is 0 Å². The predicted octanol–water partition coefficient (Wildman–Crippen LogP) is 5.01. The van der Waals surface area contributed by atoms with Gasteiger partial charge < -0.3 is 20.3 Å². The van der Waals surface area contributed by atoms with Crippen LogP contribution in [0.1, 0.15) is 69.7 Å². The number of amides is 1. The number of piperidine rings is 1. The largest absolute Gasteiger partial charge is 0.439 e. The van der Waals surface area contributed by atoms with Gasteiger partial charge in [0, 0.05) is 43.8 Å². The van der Waals surface area contributed by atoms with Crippen LogP contribution in [-0.4, -0.2) is 73.5 Å². The molecule has 12 heteroatoms. The van der Waals surface area contributed by atoms with Gasteiger partial charge in [-0.25, -0.2) is 18.6 Å². The average Bonchev–Trinajstić information content (AvgIpc) is 3.29. The summed E-state index contributed by atoms with van der Waals surface area (Å²) in [6.07, 6.45) is 8.59. The first-order chi connectivity index (χ1) is 18.1. The molecule has 2 aromatic rings. The van der Waals surface area contributed by atoms with Crippen molar-refractivity contribution < 1.29 is 18.3 Å².